The Morgan fingerprint density at radius 3 is 2.86 bits per heavy atom. The van der Waals surface area contributed by atoms with E-state index in [1.54, 1.807) is 17.8 Å². The Labute approximate surface area is 130 Å². The van der Waals surface area contributed by atoms with E-state index in [2.05, 4.69) is 5.10 Å². The average Bonchev–Trinajstić information content (AvgIpc) is 2.95. The third-order valence-electron chi connectivity index (χ3n) is 3.48. The molecule has 1 atom stereocenters. The molecule has 0 fully saturated rings. The van der Waals surface area contributed by atoms with Crippen molar-refractivity contribution in [1.82, 2.24) is 9.78 Å². The molecule has 0 saturated heterocycles. The molecule has 0 spiro atoms. The maximum atomic E-state index is 13.2. The highest BCUT2D eigenvalue weighted by Crippen LogP contribution is 2.33. The molecule has 2 aromatic heterocycles. The third-order valence-corrected chi connectivity index (χ3v) is 5.17. The largest absolute Gasteiger partial charge is 0.387 e. The van der Waals surface area contributed by atoms with Gasteiger partial charge in [0.15, 0.2) is 0 Å². The number of aliphatic hydroxyl groups excluding tert-OH is 1. The minimum absolute atomic E-state index is 0.268. The molecule has 3 rings (SSSR count). The van der Waals surface area contributed by atoms with Gasteiger partial charge in [0.2, 0.25) is 0 Å². The van der Waals surface area contributed by atoms with E-state index in [1.807, 2.05) is 13.0 Å². The standard InChI is InChI=1S/C15H14ClFN2OS/c1-8-15(16)11(19(2)18-8)7-12(20)14-5-9-3-4-10(17)6-13(9)21-14/h3-6,12,20H,7H2,1-2H3. The van der Waals surface area contributed by atoms with Crippen molar-refractivity contribution in [1.29, 1.82) is 0 Å². The zero-order chi connectivity index (χ0) is 15.1. The summed E-state index contributed by atoms with van der Waals surface area (Å²) in [4.78, 5) is 0.797. The third kappa shape index (κ3) is 2.69. The summed E-state index contributed by atoms with van der Waals surface area (Å²) in [5, 5.41) is 16.2. The van der Waals surface area contributed by atoms with Crippen LogP contribution in [0.1, 0.15) is 22.4 Å². The molecule has 1 aromatic carbocycles. The zero-order valence-corrected chi connectivity index (χ0v) is 13.2. The topological polar surface area (TPSA) is 38.0 Å². The summed E-state index contributed by atoms with van der Waals surface area (Å²) in [6, 6.07) is 6.52. The molecule has 110 valence electrons. The average molecular weight is 325 g/mol. The predicted octanol–water partition coefficient (Wildman–Crippen LogP) is 4.01. The molecule has 0 aliphatic rings. The van der Waals surface area contributed by atoms with Crippen molar-refractivity contribution in [2.24, 2.45) is 7.05 Å². The van der Waals surface area contributed by atoms with Gasteiger partial charge >= 0.3 is 0 Å². The molecule has 2 heterocycles. The number of benzene rings is 1. The Morgan fingerprint density at radius 1 is 1.43 bits per heavy atom. The van der Waals surface area contributed by atoms with Crippen LogP contribution in [0.25, 0.3) is 10.1 Å². The minimum Gasteiger partial charge on any atom is -0.387 e. The van der Waals surface area contributed by atoms with Crippen LogP contribution in [0.2, 0.25) is 5.02 Å². The lowest BCUT2D eigenvalue weighted by atomic mass is 10.1. The van der Waals surface area contributed by atoms with Gasteiger partial charge in [0, 0.05) is 23.0 Å². The van der Waals surface area contributed by atoms with Crippen molar-refractivity contribution >= 4 is 33.0 Å². The second kappa shape index (κ2) is 5.40. The molecule has 0 bridgehead atoms. The van der Waals surface area contributed by atoms with Crippen molar-refractivity contribution in [2.75, 3.05) is 0 Å². The highest BCUT2D eigenvalue weighted by atomic mass is 35.5. The van der Waals surface area contributed by atoms with E-state index in [-0.39, 0.29) is 5.82 Å². The van der Waals surface area contributed by atoms with Gasteiger partial charge in [0.1, 0.15) is 5.82 Å². The highest BCUT2D eigenvalue weighted by molar-refractivity contribution is 7.19. The summed E-state index contributed by atoms with van der Waals surface area (Å²) in [7, 11) is 1.81. The van der Waals surface area contributed by atoms with Crippen molar-refractivity contribution in [3.8, 4) is 0 Å². The molecule has 0 amide bonds. The highest BCUT2D eigenvalue weighted by Gasteiger charge is 2.18. The van der Waals surface area contributed by atoms with E-state index in [9.17, 15) is 9.50 Å². The summed E-state index contributed by atoms with van der Waals surface area (Å²) in [6.07, 6.45) is -0.302. The van der Waals surface area contributed by atoms with E-state index in [0.717, 1.165) is 26.4 Å². The van der Waals surface area contributed by atoms with Gasteiger partial charge < -0.3 is 5.11 Å². The first kappa shape index (κ1) is 14.5. The molecule has 1 N–H and O–H groups in total. The molecular weight excluding hydrogens is 311 g/mol. The first-order chi connectivity index (χ1) is 9.95. The maximum absolute atomic E-state index is 13.2. The van der Waals surface area contributed by atoms with Crippen LogP contribution < -0.4 is 0 Å². The van der Waals surface area contributed by atoms with Crippen molar-refractivity contribution in [3.63, 3.8) is 0 Å². The van der Waals surface area contributed by atoms with Crippen LogP contribution in [-0.2, 0) is 13.5 Å². The molecule has 3 nitrogen and oxygen atoms in total. The van der Waals surface area contributed by atoms with Crippen molar-refractivity contribution < 1.29 is 9.50 Å². The summed E-state index contributed by atoms with van der Waals surface area (Å²) in [5.74, 6) is -0.268. The first-order valence-electron chi connectivity index (χ1n) is 6.50. The van der Waals surface area contributed by atoms with Gasteiger partial charge in [-0.1, -0.05) is 17.7 Å². The van der Waals surface area contributed by atoms with Crippen LogP contribution in [0.3, 0.4) is 0 Å². The SMILES string of the molecule is Cc1nn(C)c(CC(O)c2cc3ccc(F)cc3s2)c1Cl. The molecule has 3 aromatic rings. The van der Waals surface area contributed by atoms with Crippen LogP contribution in [0, 0.1) is 12.7 Å². The first-order valence-corrected chi connectivity index (χ1v) is 7.70. The van der Waals surface area contributed by atoms with Crippen LogP contribution >= 0.6 is 22.9 Å². The van der Waals surface area contributed by atoms with E-state index >= 15 is 0 Å². The van der Waals surface area contributed by atoms with Gasteiger partial charge in [-0.2, -0.15) is 5.10 Å². The van der Waals surface area contributed by atoms with E-state index in [1.165, 1.54) is 23.5 Å². The normalized spacial score (nSPS) is 13.0. The van der Waals surface area contributed by atoms with E-state index in [4.69, 9.17) is 11.6 Å². The second-order valence-corrected chi connectivity index (χ2v) is 6.51. The predicted molar refractivity (Wildman–Crippen MR) is 83.4 cm³/mol. The number of fused-ring (bicyclic) bond motifs is 1. The Kier molecular flexibility index (Phi) is 3.73. The summed E-state index contributed by atoms with van der Waals surface area (Å²) < 4.78 is 15.7. The fraction of sp³-hybridized carbons (Fsp3) is 0.267. The monoisotopic (exact) mass is 324 g/mol. The van der Waals surface area contributed by atoms with Gasteiger partial charge in [-0.3, -0.25) is 4.68 Å². The van der Waals surface area contributed by atoms with Gasteiger partial charge in [-0.25, -0.2) is 4.39 Å². The fourth-order valence-corrected chi connectivity index (χ4v) is 3.69. The number of rotatable bonds is 3. The summed E-state index contributed by atoms with van der Waals surface area (Å²) in [6.45, 7) is 1.83. The molecule has 0 aliphatic heterocycles. The number of aryl methyl sites for hydroxylation is 2. The van der Waals surface area contributed by atoms with E-state index in [0.29, 0.717) is 11.4 Å². The van der Waals surface area contributed by atoms with Gasteiger partial charge in [-0.05, 0) is 30.5 Å². The smallest absolute Gasteiger partial charge is 0.124 e. The Morgan fingerprint density at radius 2 is 2.19 bits per heavy atom. The number of thiophene rings is 1. The number of hydrogen-bond donors (Lipinski definition) is 1. The second-order valence-electron chi connectivity index (χ2n) is 5.02. The molecule has 1 unspecified atom stereocenters. The quantitative estimate of drug-likeness (QED) is 0.790. The molecule has 0 saturated carbocycles. The lowest BCUT2D eigenvalue weighted by Gasteiger charge is -2.09. The number of halogens is 2. The van der Waals surface area contributed by atoms with Crippen molar-refractivity contribution in [3.05, 3.63) is 51.4 Å². The Bertz CT molecular complexity index is 811. The molecule has 6 heteroatoms. The summed E-state index contributed by atoms with van der Waals surface area (Å²) >= 11 is 7.60. The van der Waals surface area contributed by atoms with Crippen LogP contribution in [0.4, 0.5) is 4.39 Å². The molecule has 21 heavy (non-hydrogen) atoms. The van der Waals surface area contributed by atoms with Crippen molar-refractivity contribution in [2.45, 2.75) is 19.4 Å². The number of aromatic nitrogens is 2. The van der Waals surface area contributed by atoms with Gasteiger partial charge in [0.25, 0.3) is 0 Å². The molecule has 0 aliphatic carbocycles. The van der Waals surface area contributed by atoms with Gasteiger partial charge in [-0.15, -0.1) is 11.3 Å². The van der Waals surface area contributed by atoms with Crippen LogP contribution in [-0.4, -0.2) is 14.9 Å². The lowest BCUT2D eigenvalue weighted by molar-refractivity contribution is 0.179. The summed E-state index contributed by atoms with van der Waals surface area (Å²) in [5.41, 5.74) is 1.55. The Hall–Kier alpha value is -1.43. The minimum atomic E-state index is -0.683. The number of aliphatic hydroxyl groups is 1. The van der Waals surface area contributed by atoms with E-state index < -0.39 is 6.10 Å². The van der Waals surface area contributed by atoms with Crippen LogP contribution in [0.15, 0.2) is 24.3 Å². The molecular formula is C15H14ClFN2OS. The number of hydrogen-bond acceptors (Lipinski definition) is 3. The zero-order valence-electron chi connectivity index (χ0n) is 11.6. The lowest BCUT2D eigenvalue weighted by Crippen LogP contribution is -2.05. The van der Waals surface area contributed by atoms with Crippen LogP contribution in [0.5, 0.6) is 0 Å². The maximum Gasteiger partial charge on any atom is 0.124 e. The Balaban J connectivity index is 1.91. The van der Waals surface area contributed by atoms with Gasteiger partial charge in [0.05, 0.1) is 22.5 Å². The number of nitrogens with zero attached hydrogens (tertiary/aromatic N) is 2. The fourth-order valence-electron chi connectivity index (χ4n) is 2.38. The molecule has 0 radical (unpaired) electrons.